The van der Waals surface area contributed by atoms with Gasteiger partial charge >= 0.3 is 5.97 Å². The van der Waals surface area contributed by atoms with E-state index in [0.717, 1.165) is 0 Å². The molecule has 1 aromatic rings. The highest BCUT2D eigenvalue weighted by molar-refractivity contribution is 5.78. The van der Waals surface area contributed by atoms with E-state index >= 15 is 0 Å². The molecule has 2 N–H and O–H groups in total. The molecule has 0 saturated carbocycles. The highest BCUT2D eigenvalue weighted by atomic mass is 16.5. The Morgan fingerprint density at radius 2 is 2.38 bits per heavy atom. The zero-order valence-electron chi connectivity index (χ0n) is 9.48. The minimum atomic E-state index is -1.57. The molecule has 0 spiro atoms. The highest BCUT2D eigenvalue weighted by Crippen LogP contribution is 2.04. The molecule has 90 valence electrons. The van der Waals surface area contributed by atoms with Crippen LogP contribution in [0.3, 0.4) is 0 Å². The maximum atomic E-state index is 11.1. The molecule has 0 bridgehead atoms. The van der Waals surface area contributed by atoms with Gasteiger partial charge in [0.25, 0.3) is 0 Å². The molecule has 1 rings (SSSR count). The number of hydrogen-bond donors (Lipinski definition) is 2. The summed E-state index contributed by atoms with van der Waals surface area (Å²) in [5.74, 6) is 0.247. The summed E-state index contributed by atoms with van der Waals surface area (Å²) in [6.45, 7) is 3.40. The van der Waals surface area contributed by atoms with Gasteiger partial charge in [-0.3, -0.25) is 0 Å². The van der Waals surface area contributed by atoms with Crippen molar-refractivity contribution in [2.45, 2.75) is 26.0 Å². The number of nitrogens with zero attached hydrogens (tertiary/aromatic N) is 2. The summed E-state index contributed by atoms with van der Waals surface area (Å²) in [7, 11) is 1.22. The van der Waals surface area contributed by atoms with Gasteiger partial charge in [0.05, 0.1) is 13.7 Å². The van der Waals surface area contributed by atoms with Gasteiger partial charge in [-0.15, -0.1) is 0 Å². The summed E-state index contributed by atoms with van der Waals surface area (Å²) in [5, 5.41) is 16.1. The monoisotopic (exact) mass is 229 g/mol. The van der Waals surface area contributed by atoms with Crippen LogP contribution in [-0.2, 0) is 16.1 Å². The van der Waals surface area contributed by atoms with E-state index < -0.39 is 11.6 Å². The first-order valence-electron chi connectivity index (χ1n) is 4.76. The molecule has 7 heteroatoms. The number of carbonyl (C=O) groups is 1. The van der Waals surface area contributed by atoms with Gasteiger partial charge in [0.15, 0.2) is 11.4 Å². The summed E-state index contributed by atoms with van der Waals surface area (Å²) in [4.78, 5) is 15.1. The molecule has 0 saturated heterocycles. The van der Waals surface area contributed by atoms with E-state index in [1.807, 2.05) is 0 Å². The molecule has 7 nitrogen and oxygen atoms in total. The zero-order valence-corrected chi connectivity index (χ0v) is 9.48. The molecule has 0 aromatic carbocycles. The fraction of sp³-hybridized carbons (Fsp3) is 0.667. The molecule has 1 unspecified atom stereocenters. The van der Waals surface area contributed by atoms with Crippen molar-refractivity contribution in [1.82, 2.24) is 15.5 Å². The zero-order chi connectivity index (χ0) is 12.2. The second-order valence-corrected chi connectivity index (χ2v) is 3.60. The lowest BCUT2D eigenvalue weighted by Crippen LogP contribution is -2.45. The standard InChI is InChI=1S/C9H15N3O4/c1-6-11-7(16-12-6)4-10-5-9(2,14)8(13)15-3/h10,14H,4-5H2,1-3H3. The third-order valence-electron chi connectivity index (χ3n) is 1.94. The van der Waals surface area contributed by atoms with Crippen LogP contribution in [0, 0.1) is 6.92 Å². The Morgan fingerprint density at radius 1 is 1.69 bits per heavy atom. The lowest BCUT2D eigenvalue weighted by atomic mass is 10.1. The van der Waals surface area contributed by atoms with E-state index in [1.54, 1.807) is 6.92 Å². The Bertz CT molecular complexity index is 361. The fourth-order valence-electron chi connectivity index (χ4n) is 1.12. The van der Waals surface area contributed by atoms with E-state index in [4.69, 9.17) is 4.52 Å². The van der Waals surface area contributed by atoms with Gasteiger partial charge in [0.1, 0.15) is 0 Å². The van der Waals surface area contributed by atoms with Gasteiger partial charge in [-0.05, 0) is 13.8 Å². The summed E-state index contributed by atoms with van der Waals surface area (Å²) in [5.41, 5.74) is -1.57. The topological polar surface area (TPSA) is 97.5 Å². The number of aliphatic hydroxyl groups is 1. The lowest BCUT2D eigenvalue weighted by Gasteiger charge is -2.19. The number of methoxy groups -OCH3 is 1. The third-order valence-corrected chi connectivity index (χ3v) is 1.94. The van der Waals surface area contributed by atoms with Gasteiger partial charge in [-0.1, -0.05) is 5.16 Å². The number of hydrogen-bond acceptors (Lipinski definition) is 7. The molecule has 1 heterocycles. The van der Waals surface area contributed by atoms with Crippen molar-refractivity contribution in [2.24, 2.45) is 0 Å². The summed E-state index contributed by atoms with van der Waals surface area (Å²) >= 11 is 0. The predicted molar refractivity (Wildman–Crippen MR) is 53.4 cm³/mol. The Morgan fingerprint density at radius 3 is 2.88 bits per heavy atom. The Balaban J connectivity index is 2.38. The molecule has 0 aliphatic carbocycles. The van der Waals surface area contributed by atoms with Crippen LogP contribution in [-0.4, -0.2) is 40.5 Å². The van der Waals surface area contributed by atoms with Gasteiger partial charge in [0, 0.05) is 6.54 Å². The largest absolute Gasteiger partial charge is 0.467 e. The Hall–Kier alpha value is -1.47. The molecule has 16 heavy (non-hydrogen) atoms. The van der Waals surface area contributed by atoms with Gasteiger partial charge in [-0.25, -0.2) is 4.79 Å². The first-order chi connectivity index (χ1) is 7.45. The maximum Gasteiger partial charge on any atom is 0.338 e. The average molecular weight is 229 g/mol. The first-order valence-corrected chi connectivity index (χ1v) is 4.76. The SMILES string of the molecule is COC(=O)C(C)(O)CNCc1nc(C)no1. The minimum Gasteiger partial charge on any atom is -0.467 e. The smallest absolute Gasteiger partial charge is 0.338 e. The van der Waals surface area contributed by atoms with Crippen LogP contribution in [0.5, 0.6) is 0 Å². The molecular formula is C9H15N3O4. The first kappa shape index (κ1) is 12.6. The third kappa shape index (κ3) is 3.28. The van der Waals surface area contributed by atoms with Crippen LogP contribution in [0.1, 0.15) is 18.6 Å². The van der Waals surface area contributed by atoms with Crippen molar-refractivity contribution < 1.29 is 19.2 Å². The van der Waals surface area contributed by atoms with Gasteiger partial charge < -0.3 is 19.7 Å². The molecule has 0 radical (unpaired) electrons. The Kier molecular flexibility index (Phi) is 3.97. The minimum absolute atomic E-state index is 0.0428. The van der Waals surface area contributed by atoms with Gasteiger partial charge in [0.2, 0.25) is 5.89 Å². The van der Waals surface area contributed by atoms with Crippen molar-refractivity contribution >= 4 is 5.97 Å². The van der Waals surface area contributed by atoms with Crippen LogP contribution in [0.25, 0.3) is 0 Å². The number of aryl methyl sites for hydroxylation is 1. The number of esters is 1. The van der Waals surface area contributed by atoms with E-state index in [1.165, 1.54) is 14.0 Å². The summed E-state index contributed by atoms with van der Waals surface area (Å²) in [6, 6.07) is 0. The molecule has 1 aromatic heterocycles. The molecule has 0 aliphatic rings. The molecule has 1 atom stereocenters. The number of aromatic nitrogens is 2. The average Bonchev–Trinajstić information content (AvgIpc) is 2.62. The predicted octanol–water partition coefficient (Wildman–Crippen LogP) is -0.608. The normalized spacial score (nSPS) is 14.5. The Labute approximate surface area is 92.8 Å². The number of ether oxygens (including phenoxy) is 1. The number of rotatable bonds is 5. The van der Waals surface area contributed by atoms with Crippen LogP contribution >= 0.6 is 0 Å². The fourth-order valence-corrected chi connectivity index (χ4v) is 1.12. The van der Waals surface area contributed by atoms with Crippen molar-refractivity contribution in [3.05, 3.63) is 11.7 Å². The van der Waals surface area contributed by atoms with Crippen LogP contribution in [0.15, 0.2) is 4.52 Å². The van der Waals surface area contributed by atoms with Crippen molar-refractivity contribution in [3.63, 3.8) is 0 Å². The van der Waals surface area contributed by atoms with Crippen LogP contribution < -0.4 is 5.32 Å². The van der Waals surface area contributed by atoms with E-state index in [2.05, 4.69) is 20.2 Å². The quantitative estimate of drug-likeness (QED) is 0.650. The lowest BCUT2D eigenvalue weighted by molar-refractivity contribution is -0.159. The summed E-state index contributed by atoms with van der Waals surface area (Å²) < 4.78 is 9.29. The maximum absolute atomic E-state index is 11.1. The van der Waals surface area contributed by atoms with Crippen molar-refractivity contribution in [2.75, 3.05) is 13.7 Å². The van der Waals surface area contributed by atoms with Crippen LogP contribution in [0.4, 0.5) is 0 Å². The van der Waals surface area contributed by atoms with E-state index in [9.17, 15) is 9.90 Å². The molecule has 0 aliphatic heterocycles. The molecule has 0 fully saturated rings. The van der Waals surface area contributed by atoms with Crippen molar-refractivity contribution in [3.8, 4) is 0 Å². The highest BCUT2D eigenvalue weighted by Gasteiger charge is 2.30. The molecule has 0 amide bonds. The second-order valence-electron chi connectivity index (χ2n) is 3.60. The number of carbonyl (C=O) groups excluding carboxylic acids is 1. The van der Waals surface area contributed by atoms with Crippen molar-refractivity contribution in [1.29, 1.82) is 0 Å². The summed E-state index contributed by atoms with van der Waals surface area (Å²) in [6.07, 6.45) is 0. The second kappa shape index (κ2) is 5.04. The van der Waals surface area contributed by atoms with Gasteiger partial charge in [-0.2, -0.15) is 4.98 Å². The van der Waals surface area contributed by atoms with E-state index in [0.29, 0.717) is 11.7 Å². The van der Waals surface area contributed by atoms with E-state index in [-0.39, 0.29) is 13.1 Å². The van der Waals surface area contributed by atoms with Crippen LogP contribution in [0.2, 0.25) is 0 Å². The molecular weight excluding hydrogens is 214 g/mol. The number of nitrogens with one attached hydrogen (secondary N) is 1.